The topological polar surface area (TPSA) is 110 Å². The smallest absolute Gasteiger partial charge is 0.306 e. The lowest BCUT2D eigenvalue weighted by atomic mass is 9.98. The molecule has 9 heteroatoms. The molecule has 2 N–H and O–H groups in total. The van der Waals surface area contributed by atoms with Gasteiger partial charge in [0, 0.05) is 16.7 Å². The van der Waals surface area contributed by atoms with Gasteiger partial charge in [0.1, 0.15) is 23.9 Å². The maximum absolute atomic E-state index is 12.2. The van der Waals surface area contributed by atoms with E-state index >= 15 is 0 Å². The number of hydrogen-bond acceptors (Lipinski definition) is 7. The summed E-state index contributed by atoms with van der Waals surface area (Å²) < 4.78 is 16.4. The number of ether oxygens (including phenoxy) is 1. The Kier molecular flexibility index (Phi) is 6.87. The molecule has 1 atom stereocenters. The summed E-state index contributed by atoms with van der Waals surface area (Å²) in [6, 6.07) is 9.04. The predicted octanol–water partition coefficient (Wildman–Crippen LogP) is 4.49. The number of halogens is 2. The first-order chi connectivity index (χ1) is 14.3. The summed E-state index contributed by atoms with van der Waals surface area (Å²) in [5.74, 6) is -1.92. The fourth-order valence-corrected chi connectivity index (χ4v) is 3.33. The highest BCUT2D eigenvalue weighted by atomic mass is 35.5. The normalized spacial score (nSPS) is 12.0. The lowest BCUT2D eigenvalue weighted by Crippen LogP contribution is -2.14. The van der Waals surface area contributed by atoms with Crippen molar-refractivity contribution in [1.82, 2.24) is 0 Å². The molecule has 3 aromatic rings. The Labute approximate surface area is 181 Å². The number of aromatic hydroxyl groups is 1. The molecule has 0 spiro atoms. The van der Waals surface area contributed by atoms with Crippen LogP contribution in [-0.2, 0) is 16.1 Å². The van der Waals surface area contributed by atoms with Gasteiger partial charge in [0.2, 0.25) is 11.2 Å². The van der Waals surface area contributed by atoms with Gasteiger partial charge in [-0.25, -0.2) is 0 Å². The Hall–Kier alpha value is -2.74. The van der Waals surface area contributed by atoms with Gasteiger partial charge in [-0.2, -0.15) is 0 Å². The Balaban J connectivity index is 2.10. The third-order valence-corrected chi connectivity index (χ3v) is 4.88. The molecule has 1 aromatic carbocycles. The van der Waals surface area contributed by atoms with E-state index in [0.717, 1.165) is 6.07 Å². The van der Waals surface area contributed by atoms with Crippen LogP contribution in [0.4, 0.5) is 0 Å². The van der Waals surface area contributed by atoms with Crippen molar-refractivity contribution in [3.63, 3.8) is 0 Å². The molecule has 0 aliphatic carbocycles. The number of carbonyl (C=O) groups excluding carboxylic acids is 1. The Morgan fingerprint density at radius 1 is 1.17 bits per heavy atom. The van der Waals surface area contributed by atoms with E-state index in [1.165, 1.54) is 0 Å². The van der Waals surface area contributed by atoms with E-state index < -0.39 is 29.7 Å². The van der Waals surface area contributed by atoms with Crippen LogP contribution in [0.5, 0.6) is 5.75 Å². The van der Waals surface area contributed by atoms with Gasteiger partial charge in [-0.1, -0.05) is 23.2 Å². The highest BCUT2D eigenvalue weighted by Gasteiger charge is 2.29. The molecule has 0 saturated heterocycles. The summed E-state index contributed by atoms with van der Waals surface area (Å²) in [6.45, 7) is 1.25. The molecule has 0 saturated carbocycles. The quantitative estimate of drug-likeness (QED) is 0.508. The third-order valence-electron chi connectivity index (χ3n) is 4.31. The molecule has 2 aromatic heterocycles. The van der Waals surface area contributed by atoms with Gasteiger partial charge in [0.15, 0.2) is 5.76 Å². The van der Waals surface area contributed by atoms with E-state index in [4.69, 9.17) is 36.8 Å². The monoisotopic (exact) mass is 452 g/mol. The van der Waals surface area contributed by atoms with Crippen molar-refractivity contribution in [2.24, 2.45) is 0 Å². The second-order valence-electron chi connectivity index (χ2n) is 6.34. The number of esters is 1. The van der Waals surface area contributed by atoms with Gasteiger partial charge in [-0.05, 0) is 37.3 Å². The van der Waals surface area contributed by atoms with Crippen molar-refractivity contribution < 1.29 is 28.6 Å². The number of hydrogen-bond donors (Lipinski definition) is 2. The second kappa shape index (κ2) is 9.38. The van der Waals surface area contributed by atoms with Gasteiger partial charge < -0.3 is 23.8 Å². The zero-order valence-electron chi connectivity index (χ0n) is 15.9. The van der Waals surface area contributed by atoms with Crippen molar-refractivity contribution in [3.8, 4) is 17.1 Å². The van der Waals surface area contributed by atoms with Crippen LogP contribution in [0.25, 0.3) is 11.3 Å². The Bertz CT molecular complexity index is 1120. The van der Waals surface area contributed by atoms with Crippen LogP contribution < -0.4 is 5.43 Å². The van der Waals surface area contributed by atoms with Crippen LogP contribution in [0.3, 0.4) is 0 Å². The largest absolute Gasteiger partial charge is 0.502 e. The van der Waals surface area contributed by atoms with Crippen molar-refractivity contribution in [2.45, 2.75) is 25.9 Å². The second-order valence-corrected chi connectivity index (χ2v) is 7.18. The third kappa shape index (κ3) is 4.70. The molecular weight excluding hydrogens is 435 g/mol. The minimum Gasteiger partial charge on any atom is -0.502 e. The van der Waals surface area contributed by atoms with Crippen LogP contribution in [0.15, 0.2) is 50.0 Å². The van der Waals surface area contributed by atoms with Gasteiger partial charge in [-0.15, -0.1) is 0 Å². The maximum Gasteiger partial charge on any atom is 0.306 e. The predicted molar refractivity (Wildman–Crippen MR) is 110 cm³/mol. The Morgan fingerprint density at radius 2 is 1.93 bits per heavy atom. The first-order valence-corrected chi connectivity index (χ1v) is 9.77. The number of furan rings is 1. The summed E-state index contributed by atoms with van der Waals surface area (Å²) in [5, 5.41) is 20.5. The van der Waals surface area contributed by atoms with Crippen LogP contribution in [-0.4, -0.2) is 22.8 Å². The molecule has 0 fully saturated rings. The van der Waals surface area contributed by atoms with Crippen LogP contribution in [0.1, 0.15) is 36.5 Å². The molecule has 1 unspecified atom stereocenters. The summed E-state index contributed by atoms with van der Waals surface area (Å²) >= 11 is 12.3. The standard InChI is InChI=1S/C21H18Cl2O7/c1-2-28-19(26)9-14(21-20(27)16(25)8-12(10-24)29-21)18-6-5-17(30-18)13-7-11(22)3-4-15(13)23/h3-8,14,24,27H,2,9-10H2,1H3. The zero-order valence-corrected chi connectivity index (χ0v) is 17.4. The highest BCUT2D eigenvalue weighted by Crippen LogP contribution is 2.38. The summed E-state index contributed by atoms with van der Waals surface area (Å²) in [5.41, 5.74) is -0.223. The molecular formula is C21H18Cl2O7. The fraction of sp³-hybridized carbons (Fsp3) is 0.238. The summed E-state index contributed by atoms with van der Waals surface area (Å²) in [7, 11) is 0. The molecule has 0 radical (unpaired) electrons. The van der Waals surface area contributed by atoms with Crippen LogP contribution >= 0.6 is 23.2 Å². The molecule has 7 nitrogen and oxygen atoms in total. The van der Waals surface area contributed by atoms with Crippen molar-refractivity contribution in [3.05, 3.63) is 73.9 Å². The molecule has 2 heterocycles. The van der Waals surface area contributed by atoms with Crippen LogP contribution in [0, 0.1) is 0 Å². The molecule has 30 heavy (non-hydrogen) atoms. The van der Waals surface area contributed by atoms with E-state index in [0.29, 0.717) is 21.4 Å². The van der Waals surface area contributed by atoms with Gasteiger partial charge >= 0.3 is 5.97 Å². The molecule has 0 aliphatic heterocycles. The molecule has 3 rings (SSSR count). The molecule has 158 valence electrons. The first kappa shape index (κ1) is 22.0. The summed E-state index contributed by atoms with van der Waals surface area (Å²) in [4.78, 5) is 24.2. The zero-order chi connectivity index (χ0) is 21.8. The number of carbonyl (C=O) groups is 1. The number of benzene rings is 1. The SMILES string of the molecule is CCOC(=O)CC(c1ccc(-c2cc(Cl)ccc2Cl)o1)c1oc(CO)cc(=O)c1O. The van der Waals surface area contributed by atoms with Crippen molar-refractivity contribution >= 4 is 29.2 Å². The van der Waals surface area contributed by atoms with Crippen molar-refractivity contribution in [1.29, 1.82) is 0 Å². The minimum atomic E-state index is -0.977. The van der Waals surface area contributed by atoms with E-state index in [1.807, 2.05) is 0 Å². The number of aliphatic hydroxyl groups is 1. The summed E-state index contributed by atoms with van der Waals surface area (Å²) in [6.07, 6.45) is -0.268. The van der Waals surface area contributed by atoms with E-state index in [9.17, 15) is 19.8 Å². The number of aliphatic hydroxyl groups excluding tert-OH is 1. The highest BCUT2D eigenvalue weighted by molar-refractivity contribution is 6.35. The van der Waals surface area contributed by atoms with Crippen molar-refractivity contribution in [2.75, 3.05) is 6.61 Å². The molecule has 0 amide bonds. The maximum atomic E-state index is 12.2. The molecule has 0 aliphatic rings. The first-order valence-electron chi connectivity index (χ1n) is 9.01. The lowest BCUT2D eigenvalue weighted by Gasteiger charge is -2.15. The molecule has 0 bridgehead atoms. The van der Waals surface area contributed by atoms with Gasteiger partial charge in [0.25, 0.3) is 0 Å². The van der Waals surface area contributed by atoms with E-state index in [1.54, 1.807) is 37.3 Å². The average molecular weight is 453 g/mol. The van der Waals surface area contributed by atoms with Gasteiger partial charge in [-0.3, -0.25) is 9.59 Å². The average Bonchev–Trinajstić information content (AvgIpc) is 3.20. The van der Waals surface area contributed by atoms with E-state index in [2.05, 4.69) is 0 Å². The Morgan fingerprint density at radius 3 is 2.63 bits per heavy atom. The van der Waals surface area contributed by atoms with Crippen LogP contribution in [0.2, 0.25) is 10.0 Å². The minimum absolute atomic E-state index is 0.0636. The lowest BCUT2D eigenvalue weighted by molar-refractivity contribution is -0.143. The van der Waals surface area contributed by atoms with Gasteiger partial charge in [0.05, 0.1) is 24.0 Å². The number of rotatable bonds is 7. The van der Waals surface area contributed by atoms with E-state index in [-0.39, 0.29) is 30.3 Å². The fourth-order valence-electron chi connectivity index (χ4n) is 2.95.